The van der Waals surface area contributed by atoms with Gasteiger partial charge in [-0.15, -0.1) is 11.8 Å². The lowest BCUT2D eigenvalue weighted by molar-refractivity contribution is 0.509. The molecule has 0 aromatic carbocycles. The average Bonchev–Trinajstić information content (AvgIpc) is 2.29. The first-order valence-corrected chi connectivity index (χ1v) is 5.27. The maximum Gasteiger partial charge on any atom is 0.0756 e. The van der Waals surface area contributed by atoms with Crippen molar-refractivity contribution in [1.29, 1.82) is 0 Å². The van der Waals surface area contributed by atoms with E-state index >= 15 is 0 Å². The Kier molecular flexibility index (Phi) is 5.42. The Morgan fingerprint density at radius 1 is 1.47 bits per heavy atom. The number of rotatable bonds is 5. The molecule has 1 aromatic heterocycles. The quantitative estimate of drug-likeness (QED) is 0.743. The molecular formula is C12H17N3. The van der Waals surface area contributed by atoms with Crippen LogP contribution in [0.3, 0.4) is 0 Å². The number of nitrogens with one attached hydrogen (secondary N) is 1. The number of hydrogen-bond donors (Lipinski definition) is 1. The van der Waals surface area contributed by atoms with Gasteiger partial charge in [0.25, 0.3) is 0 Å². The van der Waals surface area contributed by atoms with Gasteiger partial charge < -0.3 is 5.32 Å². The van der Waals surface area contributed by atoms with Crippen LogP contribution in [0.15, 0.2) is 18.6 Å². The van der Waals surface area contributed by atoms with Gasteiger partial charge >= 0.3 is 0 Å². The third-order valence-corrected chi connectivity index (χ3v) is 2.13. The zero-order valence-electron chi connectivity index (χ0n) is 9.33. The van der Waals surface area contributed by atoms with Crippen LogP contribution in [-0.4, -0.2) is 16.5 Å². The van der Waals surface area contributed by atoms with Crippen molar-refractivity contribution in [3.63, 3.8) is 0 Å². The van der Waals surface area contributed by atoms with Gasteiger partial charge in [0, 0.05) is 25.0 Å². The number of nitrogens with zero attached hydrogens (tertiary/aromatic N) is 2. The second-order valence-corrected chi connectivity index (χ2v) is 3.21. The Labute approximate surface area is 91.3 Å². The molecule has 1 N–H and O–H groups in total. The Balaban J connectivity index is 2.60. The lowest BCUT2D eigenvalue weighted by atomic mass is 10.1. The van der Waals surface area contributed by atoms with Crippen molar-refractivity contribution in [3.05, 3.63) is 24.3 Å². The topological polar surface area (TPSA) is 37.8 Å². The van der Waals surface area contributed by atoms with E-state index in [1.807, 2.05) is 13.1 Å². The molecule has 0 aliphatic rings. The summed E-state index contributed by atoms with van der Waals surface area (Å²) in [6.07, 6.45) is 7.11. The third kappa shape index (κ3) is 4.09. The van der Waals surface area contributed by atoms with E-state index in [1.165, 1.54) is 0 Å². The predicted molar refractivity (Wildman–Crippen MR) is 61.1 cm³/mol. The summed E-state index contributed by atoms with van der Waals surface area (Å²) >= 11 is 0. The molecule has 0 bridgehead atoms. The average molecular weight is 203 g/mol. The van der Waals surface area contributed by atoms with Crippen LogP contribution in [0.25, 0.3) is 0 Å². The largest absolute Gasteiger partial charge is 0.309 e. The molecule has 0 aliphatic heterocycles. The maximum absolute atomic E-state index is 4.30. The monoisotopic (exact) mass is 203 g/mol. The molecule has 0 amide bonds. The van der Waals surface area contributed by atoms with Crippen molar-refractivity contribution >= 4 is 0 Å². The minimum absolute atomic E-state index is 0.268. The molecule has 1 rings (SSSR count). The van der Waals surface area contributed by atoms with Crippen molar-refractivity contribution in [2.24, 2.45) is 0 Å². The van der Waals surface area contributed by atoms with Crippen LogP contribution < -0.4 is 5.32 Å². The van der Waals surface area contributed by atoms with Gasteiger partial charge in [-0.1, -0.05) is 6.92 Å². The van der Waals surface area contributed by atoms with E-state index in [0.717, 1.165) is 25.1 Å². The lowest BCUT2D eigenvalue weighted by Crippen LogP contribution is -2.21. The second kappa shape index (κ2) is 6.97. The smallest absolute Gasteiger partial charge is 0.0756 e. The minimum Gasteiger partial charge on any atom is -0.309 e. The van der Waals surface area contributed by atoms with E-state index in [4.69, 9.17) is 0 Å². The summed E-state index contributed by atoms with van der Waals surface area (Å²) in [7, 11) is 0. The van der Waals surface area contributed by atoms with Crippen LogP contribution in [0.1, 0.15) is 38.4 Å². The highest BCUT2D eigenvalue weighted by molar-refractivity contribution is 5.04. The zero-order chi connectivity index (χ0) is 10.9. The van der Waals surface area contributed by atoms with E-state index in [0.29, 0.717) is 0 Å². The molecule has 0 fully saturated rings. The van der Waals surface area contributed by atoms with Crippen molar-refractivity contribution < 1.29 is 0 Å². The fourth-order valence-corrected chi connectivity index (χ4v) is 1.43. The molecule has 80 valence electrons. The second-order valence-electron chi connectivity index (χ2n) is 3.21. The van der Waals surface area contributed by atoms with Gasteiger partial charge in [0.2, 0.25) is 0 Å². The summed E-state index contributed by atoms with van der Waals surface area (Å²) in [6, 6.07) is 0.268. The van der Waals surface area contributed by atoms with Crippen LogP contribution in [0.5, 0.6) is 0 Å². The van der Waals surface area contributed by atoms with E-state index in [2.05, 4.69) is 34.0 Å². The van der Waals surface area contributed by atoms with Crippen LogP contribution in [-0.2, 0) is 0 Å². The first-order valence-electron chi connectivity index (χ1n) is 5.27. The normalized spacial score (nSPS) is 11.6. The molecule has 3 nitrogen and oxygen atoms in total. The zero-order valence-corrected chi connectivity index (χ0v) is 9.33. The molecule has 0 aliphatic carbocycles. The summed E-state index contributed by atoms with van der Waals surface area (Å²) in [4.78, 5) is 8.38. The molecular weight excluding hydrogens is 186 g/mol. The summed E-state index contributed by atoms with van der Waals surface area (Å²) in [5, 5.41) is 3.39. The minimum atomic E-state index is 0.268. The molecule has 0 spiro atoms. The van der Waals surface area contributed by atoms with Crippen molar-refractivity contribution in [3.8, 4) is 11.8 Å². The molecule has 1 atom stereocenters. The summed E-state index contributed by atoms with van der Waals surface area (Å²) in [6.45, 7) is 4.89. The summed E-state index contributed by atoms with van der Waals surface area (Å²) in [5.74, 6) is 5.97. The number of aromatic nitrogens is 2. The fourth-order valence-electron chi connectivity index (χ4n) is 1.43. The number of hydrogen-bond acceptors (Lipinski definition) is 3. The lowest BCUT2D eigenvalue weighted by Gasteiger charge is -2.15. The first kappa shape index (κ1) is 11.7. The van der Waals surface area contributed by atoms with E-state index in [9.17, 15) is 0 Å². The highest BCUT2D eigenvalue weighted by Gasteiger charge is 2.10. The van der Waals surface area contributed by atoms with Crippen LogP contribution >= 0.6 is 0 Å². The Morgan fingerprint density at radius 2 is 2.33 bits per heavy atom. The van der Waals surface area contributed by atoms with Crippen molar-refractivity contribution in [1.82, 2.24) is 15.3 Å². The summed E-state index contributed by atoms with van der Waals surface area (Å²) < 4.78 is 0. The highest BCUT2D eigenvalue weighted by atomic mass is 14.9. The third-order valence-electron chi connectivity index (χ3n) is 2.13. The Bertz CT molecular complexity index is 324. The summed E-state index contributed by atoms with van der Waals surface area (Å²) in [5.41, 5.74) is 0.997. The SMILES string of the molecule is CC#CCCC(NCC)c1cnccn1. The van der Waals surface area contributed by atoms with Gasteiger partial charge in [-0.05, 0) is 19.9 Å². The van der Waals surface area contributed by atoms with E-state index in [-0.39, 0.29) is 6.04 Å². The van der Waals surface area contributed by atoms with Gasteiger partial charge in [-0.25, -0.2) is 0 Å². The van der Waals surface area contributed by atoms with Gasteiger partial charge in [-0.2, -0.15) is 0 Å². The van der Waals surface area contributed by atoms with Crippen LogP contribution in [0.2, 0.25) is 0 Å². The first-order chi connectivity index (χ1) is 7.38. The molecule has 0 radical (unpaired) electrons. The van der Waals surface area contributed by atoms with Gasteiger partial charge in [0.05, 0.1) is 11.7 Å². The maximum atomic E-state index is 4.30. The molecule has 0 saturated carbocycles. The molecule has 1 heterocycles. The fraction of sp³-hybridized carbons (Fsp3) is 0.500. The van der Waals surface area contributed by atoms with E-state index < -0.39 is 0 Å². The molecule has 3 heteroatoms. The molecule has 1 aromatic rings. The van der Waals surface area contributed by atoms with E-state index in [1.54, 1.807) is 12.4 Å². The highest BCUT2D eigenvalue weighted by Crippen LogP contribution is 2.14. The van der Waals surface area contributed by atoms with Gasteiger partial charge in [0.1, 0.15) is 0 Å². The Morgan fingerprint density at radius 3 is 2.93 bits per heavy atom. The van der Waals surface area contributed by atoms with Crippen LogP contribution in [0, 0.1) is 11.8 Å². The Hall–Kier alpha value is -1.40. The van der Waals surface area contributed by atoms with Gasteiger partial charge in [-0.3, -0.25) is 9.97 Å². The standard InChI is InChI=1S/C12H17N3/c1-3-5-6-7-11(14-4-2)12-10-13-8-9-15-12/h8-11,14H,4,6-7H2,1-2H3. The van der Waals surface area contributed by atoms with Crippen molar-refractivity contribution in [2.75, 3.05) is 6.54 Å². The van der Waals surface area contributed by atoms with Crippen LogP contribution in [0.4, 0.5) is 0 Å². The molecule has 1 unspecified atom stereocenters. The molecule has 0 saturated heterocycles. The van der Waals surface area contributed by atoms with Gasteiger partial charge in [0.15, 0.2) is 0 Å². The molecule has 15 heavy (non-hydrogen) atoms. The predicted octanol–water partition coefficient (Wildman–Crippen LogP) is 1.93. The van der Waals surface area contributed by atoms with Crippen molar-refractivity contribution in [2.45, 2.75) is 32.7 Å².